The molecule has 2 amide bonds. The zero-order valence-electron chi connectivity index (χ0n) is 27.0. The number of hydrogen-bond acceptors (Lipinski definition) is 11. The van der Waals surface area contributed by atoms with Crippen LogP contribution in [0.2, 0.25) is 0 Å². The van der Waals surface area contributed by atoms with Gasteiger partial charge >= 0.3 is 6.03 Å². The van der Waals surface area contributed by atoms with Crippen LogP contribution in [-0.4, -0.2) is 59.0 Å². The number of urea groups is 1. The van der Waals surface area contributed by atoms with E-state index in [4.69, 9.17) is 0 Å². The first-order valence-electron chi connectivity index (χ1n) is 15.0. The third kappa shape index (κ3) is 8.00. The van der Waals surface area contributed by atoms with Crippen molar-refractivity contribution in [1.82, 2.24) is 0 Å². The van der Waals surface area contributed by atoms with Gasteiger partial charge in [-0.2, -0.15) is 16.8 Å². The molecule has 0 aromatic heterocycles. The van der Waals surface area contributed by atoms with Gasteiger partial charge in [-0.05, 0) is 71.4 Å². The Morgan fingerprint density at radius 3 is 1.22 bits per heavy atom. The molecule has 0 spiro atoms. The average molecular weight is 815 g/mol. The highest BCUT2D eigenvalue weighted by Crippen LogP contribution is 2.36. The van der Waals surface area contributed by atoms with E-state index in [1.165, 1.54) is 84.9 Å². The van der Waals surface area contributed by atoms with Crippen molar-refractivity contribution in [2.24, 2.45) is 0 Å². The summed E-state index contributed by atoms with van der Waals surface area (Å²) in [6, 6.07) is 20.9. The number of sulfonamides is 2. The predicted octanol–water partition coefficient (Wildman–Crippen LogP) is 5.14. The molecule has 0 saturated carbocycles. The summed E-state index contributed by atoms with van der Waals surface area (Å²) >= 11 is 0. The number of carbonyl (C=O) groups excluding carboxylic acids is 1. The van der Waals surface area contributed by atoms with Crippen LogP contribution in [0.1, 0.15) is 0 Å². The van der Waals surface area contributed by atoms with Gasteiger partial charge in [-0.1, -0.05) is 36.4 Å². The average Bonchev–Trinajstić information content (AvgIpc) is 3.06. The number of benzene rings is 6. The van der Waals surface area contributed by atoms with Gasteiger partial charge in [0.25, 0.3) is 40.3 Å². The van der Waals surface area contributed by atoms with Crippen molar-refractivity contribution in [3.05, 3.63) is 109 Å². The molecule has 54 heavy (non-hydrogen) atoms. The number of fused-ring (bicyclic) bond motifs is 2. The maximum absolute atomic E-state index is 13.4. The van der Waals surface area contributed by atoms with Crippen LogP contribution in [0.5, 0.6) is 11.5 Å². The lowest BCUT2D eigenvalue weighted by Gasteiger charge is -2.15. The number of carbonyl (C=O) groups is 1. The van der Waals surface area contributed by atoms with Crippen molar-refractivity contribution in [2.45, 2.75) is 19.6 Å². The molecule has 0 aliphatic carbocycles. The summed E-state index contributed by atoms with van der Waals surface area (Å²) in [5.74, 6) is -0.977. The second-order valence-corrected chi connectivity index (χ2v) is 17.6. The lowest BCUT2D eigenvalue weighted by molar-refractivity contribution is 0.262. The van der Waals surface area contributed by atoms with Crippen LogP contribution in [0, 0.1) is 0 Å². The van der Waals surface area contributed by atoms with Gasteiger partial charge in [-0.3, -0.25) is 18.5 Å². The van der Waals surface area contributed by atoms with Gasteiger partial charge in [0.1, 0.15) is 21.3 Å². The summed E-state index contributed by atoms with van der Waals surface area (Å²) in [5.41, 5.74) is -0.531. The van der Waals surface area contributed by atoms with E-state index in [0.717, 1.165) is 24.3 Å². The largest absolute Gasteiger partial charge is 0.508 e. The zero-order valence-corrected chi connectivity index (χ0v) is 30.3. The van der Waals surface area contributed by atoms with Gasteiger partial charge in [0.15, 0.2) is 0 Å². The number of aromatic hydroxyl groups is 2. The highest BCUT2D eigenvalue weighted by Gasteiger charge is 2.24. The van der Waals surface area contributed by atoms with Gasteiger partial charge in [0, 0.05) is 34.3 Å². The Kier molecular flexibility index (Phi) is 9.64. The minimum atomic E-state index is -4.90. The molecule has 0 heterocycles. The summed E-state index contributed by atoms with van der Waals surface area (Å²) in [6.07, 6.45) is 0. The van der Waals surface area contributed by atoms with Crippen LogP contribution < -0.4 is 20.1 Å². The number of phenols is 2. The molecule has 6 aromatic carbocycles. The monoisotopic (exact) mass is 814 g/mol. The molecule has 0 saturated heterocycles. The van der Waals surface area contributed by atoms with Crippen LogP contribution in [0.3, 0.4) is 0 Å². The standard InChI is InChI=1S/C33H26N4O13S4/c38-23-13-19-5-1-11-27(31(19)29(17-23)53(45,46)47)36-51(41,42)25-9-3-7-21(15-25)34-33(40)35-22-8-4-10-26(16-22)52(43,44)37-28-12-2-6-20-14-24(39)18-30(32(20)28)54(48,49)50/h1-18,36-39H,(H2,34,35,40)(H,45,46,47)(H,48,49,50). The molecule has 0 aliphatic rings. The molecular weight excluding hydrogens is 789 g/mol. The molecule has 21 heteroatoms. The molecule has 0 radical (unpaired) electrons. The van der Waals surface area contributed by atoms with Gasteiger partial charge < -0.3 is 20.8 Å². The number of phenolic OH excluding ortho intramolecular Hbond substituents is 2. The van der Waals surface area contributed by atoms with E-state index in [9.17, 15) is 57.8 Å². The lowest BCUT2D eigenvalue weighted by atomic mass is 10.1. The number of rotatable bonds is 10. The quantitative estimate of drug-likeness (QED) is 0.0833. The van der Waals surface area contributed by atoms with E-state index in [-0.39, 0.29) is 54.1 Å². The number of hydrogen-bond donors (Lipinski definition) is 8. The molecule has 6 aromatic rings. The molecule has 0 fully saturated rings. The van der Waals surface area contributed by atoms with Crippen LogP contribution in [-0.2, 0) is 40.3 Å². The molecule has 0 aliphatic heterocycles. The Morgan fingerprint density at radius 1 is 0.481 bits per heavy atom. The van der Waals surface area contributed by atoms with E-state index in [2.05, 4.69) is 20.1 Å². The van der Waals surface area contributed by atoms with Crippen molar-refractivity contribution >= 4 is 90.6 Å². The highest BCUT2D eigenvalue weighted by molar-refractivity contribution is 7.93. The zero-order chi connectivity index (χ0) is 39.2. The van der Waals surface area contributed by atoms with Crippen LogP contribution in [0.4, 0.5) is 27.5 Å². The van der Waals surface area contributed by atoms with Gasteiger partial charge in [-0.25, -0.2) is 21.6 Å². The third-order valence-electron chi connectivity index (χ3n) is 7.70. The fourth-order valence-corrected chi connectivity index (χ4v) is 9.25. The number of anilines is 4. The van der Waals surface area contributed by atoms with Crippen molar-refractivity contribution in [1.29, 1.82) is 0 Å². The SMILES string of the molecule is O=C(Nc1cccc(S(=O)(=O)Nc2cccc3cc(O)cc(S(=O)(=O)O)c23)c1)Nc1cccc(S(=O)(=O)Nc2cccc3cc(O)cc(S(=O)(=O)O)c23)c1. The van der Waals surface area contributed by atoms with Gasteiger partial charge in [0.2, 0.25) is 0 Å². The second kappa shape index (κ2) is 13.8. The summed E-state index contributed by atoms with van der Waals surface area (Å²) in [5, 5.41) is 24.5. The molecule has 6 rings (SSSR count). The smallest absolute Gasteiger partial charge is 0.323 e. The molecule has 0 unspecified atom stereocenters. The van der Waals surface area contributed by atoms with E-state index < -0.39 is 67.6 Å². The summed E-state index contributed by atoms with van der Waals surface area (Å²) in [7, 11) is -18.7. The minimum absolute atomic E-state index is 0.0288. The first kappa shape index (κ1) is 37.8. The molecule has 17 nitrogen and oxygen atoms in total. The molecule has 0 atom stereocenters. The first-order chi connectivity index (χ1) is 25.2. The number of amides is 2. The Bertz CT molecular complexity index is 2770. The maximum atomic E-state index is 13.4. The fraction of sp³-hybridized carbons (Fsp3) is 0. The summed E-state index contributed by atoms with van der Waals surface area (Å²) in [6.45, 7) is 0. The van der Waals surface area contributed by atoms with Crippen LogP contribution in [0.25, 0.3) is 21.5 Å². The first-order valence-corrected chi connectivity index (χ1v) is 20.9. The van der Waals surface area contributed by atoms with Crippen molar-refractivity contribution in [3.8, 4) is 11.5 Å². The van der Waals surface area contributed by atoms with E-state index in [1.54, 1.807) is 0 Å². The Labute approximate surface area is 307 Å². The topological polar surface area (TPSA) is 283 Å². The molecule has 280 valence electrons. The van der Waals surface area contributed by atoms with Gasteiger partial charge in [0.05, 0.1) is 21.2 Å². The van der Waals surface area contributed by atoms with Crippen molar-refractivity contribution < 1.29 is 57.8 Å². The lowest BCUT2D eigenvalue weighted by Crippen LogP contribution is -2.20. The number of nitrogens with one attached hydrogen (secondary N) is 4. The van der Waals surface area contributed by atoms with Crippen LogP contribution in [0.15, 0.2) is 129 Å². The van der Waals surface area contributed by atoms with E-state index in [0.29, 0.717) is 0 Å². The highest BCUT2D eigenvalue weighted by atomic mass is 32.2. The molecular formula is C33H26N4O13S4. The third-order valence-corrected chi connectivity index (χ3v) is 12.2. The van der Waals surface area contributed by atoms with Crippen LogP contribution >= 0.6 is 0 Å². The van der Waals surface area contributed by atoms with E-state index in [1.807, 2.05) is 0 Å². The Hall–Kier alpha value is -5.97. The molecule has 8 N–H and O–H groups in total. The normalized spacial score (nSPS) is 12.3. The Morgan fingerprint density at radius 2 is 0.852 bits per heavy atom. The van der Waals surface area contributed by atoms with Crippen molar-refractivity contribution in [3.63, 3.8) is 0 Å². The molecule has 0 bridgehead atoms. The second-order valence-electron chi connectivity index (χ2n) is 11.5. The van der Waals surface area contributed by atoms with Crippen molar-refractivity contribution in [2.75, 3.05) is 20.1 Å². The fourth-order valence-electron chi connectivity index (χ4n) is 5.51. The summed E-state index contributed by atoms with van der Waals surface area (Å²) in [4.78, 5) is 10.7. The Balaban J connectivity index is 1.21. The van der Waals surface area contributed by atoms with Gasteiger partial charge in [-0.15, -0.1) is 0 Å². The summed E-state index contributed by atoms with van der Waals surface area (Å²) < 4.78 is 126. The van der Waals surface area contributed by atoms with E-state index >= 15 is 0 Å². The predicted molar refractivity (Wildman–Crippen MR) is 198 cm³/mol. The maximum Gasteiger partial charge on any atom is 0.323 e. The minimum Gasteiger partial charge on any atom is -0.508 e.